The Labute approximate surface area is 138 Å². The molecule has 0 bridgehead atoms. The smallest absolute Gasteiger partial charge is 0.275 e. The number of aromatic nitrogens is 1. The molecular weight excluding hydrogens is 306 g/mol. The van der Waals surface area contributed by atoms with Gasteiger partial charge in [-0.05, 0) is 23.8 Å². The minimum absolute atomic E-state index is 0.268. The molecule has 1 heterocycles. The molecule has 1 aromatic heterocycles. The zero-order chi connectivity index (χ0) is 16.1. The third-order valence-electron chi connectivity index (χ3n) is 3.23. The van der Waals surface area contributed by atoms with Gasteiger partial charge < -0.3 is 5.32 Å². The quantitative estimate of drug-likeness (QED) is 0.794. The second-order valence-electron chi connectivity index (χ2n) is 4.94. The zero-order valence-corrected chi connectivity index (χ0v) is 13.0. The molecule has 112 valence electrons. The van der Waals surface area contributed by atoms with Crippen LogP contribution in [0.15, 0.2) is 60.0 Å². The number of thiazole rings is 1. The Morgan fingerprint density at radius 1 is 1.17 bits per heavy atom. The SMILES string of the molecule is N#Cc1cccc(NC(=O)c2csc(Cc3ccccc3)n2)c1. The second kappa shape index (κ2) is 6.86. The second-order valence-corrected chi connectivity index (χ2v) is 5.88. The van der Waals surface area contributed by atoms with Gasteiger partial charge in [0.05, 0.1) is 16.6 Å². The van der Waals surface area contributed by atoms with Gasteiger partial charge in [0.25, 0.3) is 5.91 Å². The number of carbonyl (C=O) groups is 1. The predicted molar refractivity (Wildman–Crippen MR) is 90.5 cm³/mol. The van der Waals surface area contributed by atoms with E-state index in [2.05, 4.69) is 10.3 Å². The van der Waals surface area contributed by atoms with Gasteiger partial charge in [0.2, 0.25) is 0 Å². The Morgan fingerprint density at radius 2 is 2.00 bits per heavy atom. The summed E-state index contributed by atoms with van der Waals surface area (Å²) < 4.78 is 0. The summed E-state index contributed by atoms with van der Waals surface area (Å²) in [5.41, 5.74) is 2.65. The molecule has 3 rings (SSSR count). The summed E-state index contributed by atoms with van der Waals surface area (Å²) in [6.07, 6.45) is 0.711. The van der Waals surface area contributed by atoms with Crippen molar-refractivity contribution < 1.29 is 4.79 Å². The van der Waals surface area contributed by atoms with Crippen LogP contribution in [0, 0.1) is 11.3 Å². The van der Waals surface area contributed by atoms with Crippen molar-refractivity contribution in [1.29, 1.82) is 5.26 Å². The molecule has 4 nitrogen and oxygen atoms in total. The van der Waals surface area contributed by atoms with Crippen LogP contribution in [-0.4, -0.2) is 10.9 Å². The standard InChI is InChI=1S/C18H13N3OS/c19-11-14-7-4-8-15(9-14)20-18(22)16-12-23-17(21-16)10-13-5-2-1-3-6-13/h1-9,12H,10H2,(H,20,22). The van der Waals surface area contributed by atoms with E-state index >= 15 is 0 Å². The summed E-state index contributed by atoms with van der Waals surface area (Å²) in [6.45, 7) is 0. The van der Waals surface area contributed by atoms with E-state index in [1.165, 1.54) is 11.3 Å². The molecule has 0 saturated carbocycles. The van der Waals surface area contributed by atoms with Crippen molar-refractivity contribution in [2.45, 2.75) is 6.42 Å². The van der Waals surface area contributed by atoms with E-state index in [4.69, 9.17) is 5.26 Å². The maximum Gasteiger partial charge on any atom is 0.275 e. The summed E-state index contributed by atoms with van der Waals surface area (Å²) in [6, 6.07) is 18.9. The van der Waals surface area contributed by atoms with Crippen molar-refractivity contribution >= 4 is 22.9 Å². The van der Waals surface area contributed by atoms with Gasteiger partial charge in [-0.15, -0.1) is 11.3 Å². The Morgan fingerprint density at radius 3 is 2.78 bits per heavy atom. The Balaban J connectivity index is 1.70. The number of rotatable bonds is 4. The average Bonchev–Trinajstić information content (AvgIpc) is 3.04. The van der Waals surface area contributed by atoms with E-state index in [0.29, 0.717) is 23.4 Å². The van der Waals surface area contributed by atoms with E-state index in [1.54, 1.807) is 29.6 Å². The molecule has 3 aromatic rings. The molecule has 2 aromatic carbocycles. The molecule has 0 radical (unpaired) electrons. The molecular formula is C18H13N3OS. The van der Waals surface area contributed by atoms with Gasteiger partial charge >= 0.3 is 0 Å². The summed E-state index contributed by atoms with van der Waals surface area (Å²) in [5.74, 6) is -0.268. The lowest BCUT2D eigenvalue weighted by molar-refractivity contribution is 0.102. The van der Waals surface area contributed by atoms with E-state index < -0.39 is 0 Å². The fourth-order valence-corrected chi connectivity index (χ4v) is 2.94. The summed E-state index contributed by atoms with van der Waals surface area (Å²) in [7, 11) is 0. The first-order chi connectivity index (χ1) is 11.2. The third-order valence-corrected chi connectivity index (χ3v) is 4.08. The van der Waals surface area contributed by atoms with Crippen LogP contribution in [-0.2, 0) is 6.42 Å². The molecule has 0 saturated heterocycles. The summed E-state index contributed by atoms with van der Waals surface area (Å²) in [5, 5.41) is 14.3. The highest BCUT2D eigenvalue weighted by molar-refractivity contribution is 7.09. The lowest BCUT2D eigenvalue weighted by atomic mass is 10.2. The van der Waals surface area contributed by atoms with Gasteiger partial charge in [0, 0.05) is 17.5 Å². The Kier molecular flexibility index (Phi) is 4.46. The summed E-state index contributed by atoms with van der Waals surface area (Å²) >= 11 is 1.47. The number of nitriles is 1. The van der Waals surface area contributed by atoms with Crippen LogP contribution in [0.2, 0.25) is 0 Å². The van der Waals surface area contributed by atoms with Crippen molar-refractivity contribution in [3.8, 4) is 6.07 Å². The maximum absolute atomic E-state index is 12.2. The first-order valence-corrected chi connectivity index (χ1v) is 7.92. The number of nitrogens with one attached hydrogen (secondary N) is 1. The van der Waals surface area contributed by atoms with Crippen LogP contribution in [0.3, 0.4) is 0 Å². The topological polar surface area (TPSA) is 65.8 Å². The fraction of sp³-hybridized carbons (Fsp3) is 0.0556. The number of hydrogen-bond acceptors (Lipinski definition) is 4. The lowest BCUT2D eigenvalue weighted by Gasteiger charge is -2.03. The predicted octanol–water partition coefficient (Wildman–Crippen LogP) is 3.86. The van der Waals surface area contributed by atoms with Crippen LogP contribution in [0.5, 0.6) is 0 Å². The van der Waals surface area contributed by atoms with Crippen LogP contribution >= 0.6 is 11.3 Å². The van der Waals surface area contributed by atoms with Gasteiger partial charge in [-0.3, -0.25) is 4.79 Å². The minimum atomic E-state index is -0.268. The monoisotopic (exact) mass is 319 g/mol. The molecule has 23 heavy (non-hydrogen) atoms. The van der Waals surface area contributed by atoms with Crippen molar-refractivity contribution in [2.24, 2.45) is 0 Å². The third kappa shape index (κ3) is 3.82. The number of benzene rings is 2. The van der Waals surface area contributed by atoms with Crippen molar-refractivity contribution in [2.75, 3.05) is 5.32 Å². The largest absolute Gasteiger partial charge is 0.321 e. The van der Waals surface area contributed by atoms with Crippen molar-refractivity contribution in [3.05, 3.63) is 81.8 Å². The van der Waals surface area contributed by atoms with Gasteiger partial charge in [-0.25, -0.2) is 4.98 Å². The number of amides is 1. The zero-order valence-electron chi connectivity index (χ0n) is 12.2. The van der Waals surface area contributed by atoms with Crippen molar-refractivity contribution in [3.63, 3.8) is 0 Å². The fourth-order valence-electron chi connectivity index (χ4n) is 2.13. The van der Waals surface area contributed by atoms with E-state index in [1.807, 2.05) is 36.4 Å². The molecule has 0 aliphatic carbocycles. The first-order valence-electron chi connectivity index (χ1n) is 7.04. The van der Waals surface area contributed by atoms with Crippen LogP contribution in [0.25, 0.3) is 0 Å². The number of anilines is 1. The highest BCUT2D eigenvalue weighted by atomic mass is 32.1. The van der Waals surface area contributed by atoms with Gasteiger partial charge in [0.15, 0.2) is 0 Å². The van der Waals surface area contributed by atoms with E-state index in [-0.39, 0.29) is 5.91 Å². The minimum Gasteiger partial charge on any atom is -0.321 e. The van der Waals surface area contributed by atoms with Gasteiger partial charge in [-0.2, -0.15) is 5.26 Å². The van der Waals surface area contributed by atoms with Gasteiger partial charge in [-0.1, -0.05) is 36.4 Å². The van der Waals surface area contributed by atoms with E-state index in [0.717, 1.165) is 10.6 Å². The van der Waals surface area contributed by atoms with Crippen LogP contribution < -0.4 is 5.32 Å². The number of carbonyl (C=O) groups excluding carboxylic acids is 1. The molecule has 0 aliphatic rings. The molecule has 0 aliphatic heterocycles. The van der Waals surface area contributed by atoms with E-state index in [9.17, 15) is 4.79 Å². The number of hydrogen-bond donors (Lipinski definition) is 1. The molecule has 5 heteroatoms. The Bertz CT molecular complexity index is 865. The molecule has 1 amide bonds. The average molecular weight is 319 g/mol. The molecule has 0 unspecified atom stereocenters. The molecule has 0 spiro atoms. The molecule has 0 atom stereocenters. The van der Waals surface area contributed by atoms with Crippen molar-refractivity contribution in [1.82, 2.24) is 4.98 Å². The highest BCUT2D eigenvalue weighted by Crippen LogP contribution is 2.16. The highest BCUT2D eigenvalue weighted by Gasteiger charge is 2.11. The molecule has 0 fully saturated rings. The lowest BCUT2D eigenvalue weighted by Crippen LogP contribution is -2.12. The van der Waals surface area contributed by atoms with Crippen LogP contribution in [0.4, 0.5) is 5.69 Å². The summed E-state index contributed by atoms with van der Waals surface area (Å²) in [4.78, 5) is 16.6. The van der Waals surface area contributed by atoms with Crippen LogP contribution in [0.1, 0.15) is 26.6 Å². The first kappa shape index (κ1) is 14.9. The maximum atomic E-state index is 12.2. The number of nitrogens with zero attached hydrogens (tertiary/aromatic N) is 2. The Hall–Kier alpha value is -2.97. The van der Waals surface area contributed by atoms with Gasteiger partial charge in [0.1, 0.15) is 5.69 Å². The normalized spacial score (nSPS) is 10.0. The molecule has 1 N–H and O–H groups in total.